The Morgan fingerprint density at radius 2 is 2.15 bits per heavy atom. The van der Waals surface area contributed by atoms with Crippen molar-refractivity contribution < 1.29 is 9.90 Å². The Morgan fingerprint density at radius 3 is 2.70 bits per heavy atom. The van der Waals surface area contributed by atoms with Crippen LogP contribution in [0.4, 0.5) is 5.13 Å². The summed E-state index contributed by atoms with van der Waals surface area (Å²) in [6.45, 7) is 8.82. The summed E-state index contributed by atoms with van der Waals surface area (Å²) >= 11 is 1.50. The Balaban J connectivity index is 2.67. The molecule has 0 unspecified atom stereocenters. The molecule has 0 saturated carbocycles. The average Bonchev–Trinajstić information content (AvgIpc) is 2.85. The highest BCUT2D eigenvalue weighted by Gasteiger charge is 2.14. The van der Waals surface area contributed by atoms with Gasteiger partial charge in [-0.05, 0) is 19.9 Å². The van der Waals surface area contributed by atoms with Crippen molar-refractivity contribution in [1.82, 2.24) is 9.88 Å². The predicted octanol–water partition coefficient (Wildman–Crippen LogP) is 2.11. The Morgan fingerprint density at radius 1 is 1.40 bits per heavy atom. The van der Waals surface area contributed by atoms with E-state index in [9.17, 15) is 4.79 Å². The molecule has 1 aromatic rings. The van der Waals surface area contributed by atoms with E-state index >= 15 is 0 Å². The molecule has 1 heterocycles. The Bertz CT molecular complexity index is 409. The molecular weight excluding hydrogens is 274 g/mol. The van der Waals surface area contributed by atoms with Gasteiger partial charge >= 0.3 is 0 Å². The molecule has 0 saturated heterocycles. The fourth-order valence-electron chi connectivity index (χ4n) is 2.01. The summed E-state index contributed by atoms with van der Waals surface area (Å²) in [6, 6.07) is 0. The largest absolute Gasteiger partial charge is 0.395 e. The first-order chi connectivity index (χ1) is 9.62. The van der Waals surface area contributed by atoms with E-state index in [1.54, 1.807) is 11.8 Å². The number of anilines is 1. The van der Waals surface area contributed by atoms with Gasteiger partial charge in [0.05, 0.1) is 12.3 Å². The van der Waals surface area contributed by atoms with E-state index in [-0.39, 0.29) is 12.5 Å². The van der Waals surface area contributed by atoms with Crippen LogP contribution in [0.3, 0.4) is 0 Å². The summed E-state index contributed by atoms with van der Waals surface area (Å²) < 4.78 is 0. The minimum absolute atomic E-state index is 0.0200. The van der Waals surface area contributed by atoms with Crippen LogP contribution in [0.25, 0.3) is 0 Å². The van der Waals surface area contributed by atoms with Crippen LogP contribution in [0.1, 0.15) is 39.3 Å². The molecule has 0 bridgehead atoms. The number of thiazole rings is 1. The number of nitrogens with zero attached hydrogens (tertiary/aromatic N) is 3. The number of hydrogen-bond acceptors (Lipinski definition) is 5. The van der Waals surface area contributed by atoms with Crippen LogP contribution in [0, 0.1) is 0 Å². The lowest BCUT2D eigenvalue weighted by Crippen LogP contribution is -2.29. The van der Waals surface area contributed by atoms with Crippen molar-refractivity contribution >= 4 is 22.4 Å². The van der Waals surface area contributed by atoms with E-state index in [2.05, 4.69) is 16.8 Å². The van der Waals surface area contributed by atoms with E-state index < -0.39 is 0 Å². The van der Waals surface area contributed by atoms with Gasteiger partial charge in [0.15, 0.2) is 5.13 Å². The molecule has 0 spiro atoms. The van der Waals surface area contributed by atoms with Crippen LogP contribution in [0.5, 0.6) is 0 Å². The lowest BCUT2D eigenvalue weighted by molar-refractivity contribution is -0.116. The van der Waals surface area contributed by atoms with Gasteiger partial charge in [-0.3, -0.25) is 14.6 Å². The van der Waals surface area contributed by atoms with Gasteiger partial charge in [0, 0.05) is 31.9 Å². The van der Waals surface area contributed by atoms with Crippen molar-refractivity contribution in [2.24, 2.45) is 0 Å². The monoisotopic (exact) mass is 299 g/mol. The van der Waals surface area contributed by atoms with Crippen molar-refractivity contribution in [3.63, 3.8) is 0 Å². The molecular formula is C14H25N3O2S. The molecule has 0 aliphatic heterocycles. The minimum Gasteiger partial charge on any atom is -0.395 e. The molecule has 1 rings (SSSR count). The second kappa shape index (κ2) is 9.05. The van der Waals surface area contributed by atoms with Crippen LogP contribution in [0.2, 0.25) is 0 Å². The highest BCUT2D eigenvalue weighted by atomic mass is 32.1. The maximum absolute atomic E-state index is 11.5. The molecule has 0 atom stereocenters. The zero-order chi connectivity index (χ0) is 15.0. The van der Waals surface area contributed by atoms with E-state index in [0.29, 0.717) is 13.1 Å². The zero-order valence-corrected chi connectivity index (χ0v) is 13.4. The second-order valence-corrected chi connectivity index (χ2v) is 5.57. The third kappa shape index (κ3) is 5.19. The van der Waals surface area contributed by atoms with Crippen molar-refractivity contribution in [2.45, 2.75) is 40.2 Å². The summed E-state index contributed by atoms with van der Waals surface area (Å²) in [5, 5.41) is 11.9. The van der Waals surface area contributed by atoms with Gasteiger partial charge in [0.1, 0.15) is 0 Å². The number of hydrogen-bond donors (Lipinski definition) is 1. The summed E-state index contributed by atoms with van der Waals surface area (Å²) in [4.78, 5) is 19.9. The predicted molar refractivity (Wildman–Crippen MR) is 83.1 cm³/mol. The Labute approximate surface area is 125 Å². The van der Waals surface area contributed by atoms with E-state index in [0.717, 1.165) is 36.8 Å². The van der Waals surface area contributed by atoms with Gasteiger partial charge in [-0.25, -0.2) is 4.98 Å². The third-order valence-electron chi connectivity index (χ3n) is 3.10. The standard InChI is InChI=1S/C14H25N3O2S/c1-4-6-7-16(8-9-18)10-13-11-20-14(15-13)17(5-2)12(3)19/h11,18H,4-10H2,1-3H3. The van der Waals surface area contributed by atoms with Crippen LogP contribution < -0.4 is 4.90 Å². The lowest BCUT2D eigenvalue weighted by Gasteiger charge is -2.20. The molecule has 0 radical (unpaired) electrons. The van der Waals surface area contributed by atoms with Crippen molar-refractivity contribution in [3.8, 4) is 0 Å². The molecule has 1 aromatic heterocycles. The number of amides is 1. The van der Waals surface area contributed by atoms with Crippen molar-refractivity contribution in [1.29, 1.82) is 0 Å². The quantitative estimate of drug-likeness (QED) is 0.759. The molecule has 20 heavy (non-hydrogen) atoms. The Kier molecular flexibility index (Phi) is 7.72. The first-order valence-corrected chi connectivity index (χ1v) is 8.06. The van der Waals surface area contributed by atoms with Gasteiger partial charge in [-0.15, -0.1) is 11.3 Å². The van der Waals surface area contributed by atoms with Gasteiger partial charge in [0.2, 0.25) is 5.91 Å². The smallest absolute Gasteiger partial charge is 0.225 e. The first kappa shape index (κ1) is 17.1. The lowest BCUT2D eigenvalue weighted by atomic mass is 10.3. The maximum atomic E-state index is 11.5. The summed E-state index contributed by atoms with van der Waals surface area (Å²) in [6.07, 6.45) is 2.25. The number of aliphatic hydroxyl groups is 1. The van der Waals surface area contributed by atoms with E-state index in [4.69, 9.17) is 5.11 Å². The normalized spacial score (nSPS) is 11.1. The highest BCUT2D eigenvalue weighted by Crippen LogP contribution is 2.21. The molecule has 6 heteroatoms. The molecule has 1 N–H and O–H groups in total. The number of carbonyl (C=O) groups excluding carboxylic acids is 1. The van der Waals surface area contributed by atoms with Crippen molar-refractivity contribution in [3.05, 3.63) is 11.1 Å². The van der Waals surface area contributed by atoms with Gasteiger partial charge in [0.25, 0.3) is 0 Å². The zero-order valence-electron chi connectivity index (χ0n) is 12.6. The van der Waals surface area contributed by atoms with Gasteiger partial charge < -0.3 is 5.11 Å². The first-order valence-electron chi connectivity index (χ1n) is 7.18. The topological polar surface area (TPSA) is 56.7 Å². The average molecular weight is 299 g/mol. The van der Waals surface area contributed by atoms with Crippen molar-refractivity contribution in [2.75, 3.05) is 31.1 Å². The molecule has 0 aliphatic rings. The fourth-order valence-corrected chi connectivity index (χ4v) is 2.93. The van der Waals surface area contributed by atoms with Gasteiger partial charge in [-0.2, -0.15) is 0 Å². The van der Waals surface area contributed by atoms with Crippen LogP contribution in [0.15, 0.2) is 5.38 Å². The molecule has 0 aliphatic carbocycles. The highest BCUT2D eigenvalue weighted by molar-refractivity contribution is 7.14. The van der Waals surface area contributed by atoms with Crippen LogP contribution in [-0.2, 0) is 11.3 Å². The number of aromatic nitrogens is 1. The number of rotatable bonds is 9. The molecule has 0 fully saturated rings. The summed E-state index contributed by atoms with van der Waals surface area (Å²) in [5.74, 6) is 0.0200. The molecule has 0 aromatic carbocycles. The SMILES string of the molecule is CCCCN(CCO)Cc1csc(N(CC)C(C)=O)n1. The number of carbonyl (C=O) groups is 1. The molecule has 114 valence electrons. The summed E-state index contributed by atoms with van der Waals surface area (Å²) in [7, 11) is 0. The third-order valence-corrected chi connectivity index (χ3v) is 4.01. The van der Waals surface area contributed by atoms with Crippen LogP contribution >= 0.6 is 11.3 Å². The molecule has 5 nitrogen and oxygen atoms in total. The second-order valence-electron chi connectivity index (χ2n) is 4.74. The maximum Gasteiger partial charge on any atom is 0.225 e. The number of unbranched alkanes of at least 4 members (excludes halogenated alkanes) is 1. The van der Waals surface area contributed by atoms with E-state index in [1.807, 2.05) is 12.3 Å². The number of aliphatic hydroxyl groups excluding tert-OH is 1. The minimum atomic E-state index is 0.0200. The summed E-state index contributed by atoms with van der Waals surface area (Å²) in [5.41, 5.74) is 0.967. The van der Waals surface area contributed by atoms with E-state index in [1.165, 1.54) is 11.3 Å². The fraction of sp³-hybridized carbons (Fsp3) is 0.714. The van der Waals surface area contributed by atoms with Gasteiger partial charge in [-0.1, -0.05) is 13.3 Å². The Hall–Kier alpha value is -0.980. The van der Waals surface area contributed by atoms with Crippen LogP contribution in [-0.4, -0.2) is 47.1 Å². The molecule has 1 amide bonds.